The highest BCUT2D eigenvalue weighted by atomic mass is 16.6. The molecule has 4 aromatic rings. The fraction of sp³-hybridized carbons (Fsp3) is 0. The average Bonchev–Trinajstić information content (AvgIpc) is 3.12. The second kappa shape index (κ2) is 6.72. The number of nitro groups is 1. The number of hydrogen-bond acceptors (Lipinski definition) is 4. The zero-order valence-electron chi connectivity index (χ0n) is 14.1. The second-order valence-corrected chi connectivity index (χ2v) is 5.90. The Morgan fingerprint density at radius 2 is 1.85 bits per heavy atom. The summed E-state index contributed by atoms with van der Waals surface area (Å²) in [6, 6.07) is 18.6. The molecule has 1 N–H and O–H groups in total. The van der Waals surface area contributed by atoms with Crippen LogP contribution in [0.5, 0.6) is 0 Å². The van der Waals surface area contributed by atoms with E-state index in [-0.39, 0.29) is 11.3 Å². The van der Waals surface area contributed by atoms with Crippen LogP contribution in [0.4, 0.5) is 11.4 Å². The molecule has 0 saturated carbocycles. The number of carbonyl (C=O) groups is 1. The van der Waals surface area contributed by atoms with E-state index >= 15 is 0 Å². The molecule has 2 aromatic carbocycles. The van der Waals surface area contributed by atoms with Crippen molar-refractivity contribution in [1.82, 2.24) is 9.38 Å². The Morgan fingerprint density at radius 1 is 1.04 bits per heavy atom. The number of hydrogen-bond donors (Lipinski definition) is 1. The molecule has 0 spiro atoms. The number of amides is 1. The number of anilines is 1. The third-order valence-electron chi connectivity index (χ3n) is 4.13. The molecule has 0 unspecified atom stereocenters. The lowest BCUT2D eigenvalue weighted by Crippen LogP contribution is -2.12. The number of nitro benzene ring substituents is 1. The van der Waals surface area contributed by atoms with Gasteiger partial charge in [0.15, 0.2) is 0 Å². The van der Waals surface area contributed by atoms with E-state index in [2.05, 4.69) is 10.3 Å². The highest BCUT2D eigenvalue weighted by molar-refractivity contribution is 6.06. The van der Waals surface area contributed by atoms with Gasteiger partial charge in [0, 0.05) is 35.7 Å². The molecule has 4 rings (SSSR count). The van der Waals surface area contributed by atoms with E-state index in [9.17, 15) is 14.9 Å². The van der Waals surface area contributed by atoms with E-state index in [4.69, 9.17) is 0 Å². The molecule has 7 heteroatoms. The summed E-state index contributed by atoms with van der Waals surface area (Å²) < 4.78 is 1.90. The van der Waals surface area contributed by atoms with Crippen molar-refractivity contribution in [2.75, 3.05) is 5.32 Å². The lowest BCUT2D eigenvalue weighted by Gasteiger charge is -2.09. The molecule has 0 aliphatic carbocycles. The van der Waals surface area contributed by atoms with Gasteiger partial charge in [0.05, 0.1) is 16.3 Å². The first-order valence-electron chi connectivity index (χ1n) is 8.21. The number of imidazole rings is 1. The van der Waals surface area contributed by atoms with Crippen LogP contribution in [0.3, 0.4) is 0 Å². The quantitative estimate of drug-likeness (QED) is 0.438. The number of pyridine rings is 1. The number of carbonyl (C=O) groups excluding carboxylic acids is 1. The summed E-state index contributed by atoms with van der Waals surface area (Å²) in [5.74, 6) is -0.421. The van der Waals surface area contributed by atoms with Crippen LogP contribution < -0.4 is 5.32 Å². The Labute approximate surface area is 154 Å². The van der Waals surface area contributed by atoms with E-state index in [0.29, 0.717) is 5.69 Å². The van der Waals surface area contributed by atoms with Crippen LogP contribution in [-0.4, -0.2) is 20.2 Å². The van der Waals surface area contributed by atoms with Crippen molar-refractivity contribution < 1.29 is 9.72 Å². The monoisotopic (exact) mass is 358 g/mol. The molecule has 0 atom stereocenters. The van der Waals surface area contributed by atoms with Gasteiger partial charge in [-0.2, -0.15) is 0 Å². The third-order valence-corrected chi connectivity index (χ3v) is 4.13. The Balaban J connectivity index is 1.68. The largest absolute Gasteiger partial charge is 0.321 e. The van der Waals surface area contributed by atoms with Crippen LogP contribution in [0.25, 0.3) is 16.9 Å². The standard InChI is InChI=1S/C20H14N4O3/c25-20(14-6-5-7-15(12-14)24(26)27)22-17-9-2-1-8-16(17)18-13-23-11-4-3-10-19(23)21-18/h1-13H,(H,22,25). The van der Waals surface area contributed by atoms with Crippen molar-refractivity contribution in [2.45, 2.75) is 0 Å². The maximum atomic E-state index is 12.6. The minimum atomic E-state index is -0.526. The Hall–Kier alpha value is -4.00. The molecule has 0 bridgehead atoms. The molecule has 2 aromatic heterocycles. The van der Waals surface area contributed by atoms with E-state index in [1.165, 1.54) is 24.3 Å². The first-order valence-corrected chi connectivity index (χ1v) is 8.21. The van der Waals surface area contributed by atoms with Gasteiger partial charge in [-0.25, -0.2) is 4.98 Å². The van der Waals surface area contributed by atoms with Crippen molar-refractivity contribution in [3.63, 3.8) is 0 Å². The third kappa shape index (κ3) is 3.25. The van der Waals surface area contributed by atoms with Crippen molar-refractivity contribution >= 4 is 22.9 Å². The predicted octanol–water partition coefficient (Wildman–Crippen LogP) is 4.16. The van der Waals surface area contributed by atoms with Gasteiger partial charge in [-0.1, -0.05) is 30.3 Å². The molecular formula is C20H14N4O3. The Bertz CT molecular complexity index is 1130. The first kappa shape index (κ1) is 16.5. The summed E-state index contributed by atoms with van der Waals surface area (Å²) in [7, 11) is 0. The average molecular weight is 358 g/mol. The lowest BCUT2D eigenvalue weighted by atomic mass is 10.1. The summed E-state index contributed by atoms with van der Waals surface area (Å²) in [6.45, 7) is 0. The fourth-order valence-corrected chi connectivity index (χ4v) is 2.84. The van der Waals surface area contributed by atoms with E-state index in [1.54, 1.807) is 6.07 Å². The van der Waals surface area contributed by atoms with E-state index in [0.717, 1.165) is 16.9 Å². The topological polar surface area (TPSA) is 89.5 Å². The van der Waals surface area contributed by atoms with E-state index in [1.807, 2.05) is 53.2 Å². The number of para-hydroxylation sites is 1. The highest BCUT2D eigenvalue weighted by Gasteiger charge is 2.15. The van der Waals surface area contributed by atoms with Crippen molar-refractivity contribution in [2.24, 2.45) is 0 Å². The molecule has 7 nitrogen and oxygen atoms in total. The van der Waals surface area contributed by atoms with Crippen molar-refractivity contribution in [3.05, 3.63) is 94.8 Å². The second-order valence-electron chi connectivity index (χ2n) is 5.90. The number of aromatic nitrogens is 2. The molecule has 2 heterocycles. The van der Waals surface area contributed by atoms with Gasteiger partial charge >= 0.3 is 0 Å². The Morgan fingerprint density at radius 3 is 2.67 bits per heavy atom. The maximum Gasteiger partial charge on any atom is 0.270 e. The van der Waals surface area contributed by atoms with Crippen LogP contribution in [0.15, 0.2) is 79.1 Å². The number of non-ortho nitro benzene ring substituents is 1. The van der Waals surface area contributed by atoms with Crippen LogP contribution in [0, 0.1) is 10.1 Å². The zero-order valence-corrected chi connectivity index (χ0v) is 14.1. The summed E-state index contributed by atoms with van der Waals surface area (Å²) in [5.41, 5.74) is 2.95. The molecular weight excluding hydrogens is 344 g/mol. The van der Waals surface area contributed by atoms with Crippen LogP contribution >= 0.6 is 0 Å². The highest BCUT2D eigenvalue weighted by Crippen LogP contribution is 2.28. The summed E-state index contributed by atoms with van der Waals surface area (Å²) in [5, 5.41) is 13.7. The number of rotatable bonds is 4. The van der Waals surface area contributed by atoms with Crippen molar-refractivity contribution in [1.29, 1.82) is 0 Å². The summed E-state index contributed by atoms with van der Waals surface area (Å²) >= 11 is 0. The lowest BCUT2D eigenvalue weighted by molar-refractivity contribution is -0.384. The van der Waals surface area contributed by atoms with Crippen molar-refractivity contribution in [3.8, 4) is 11.3 Å². The minimum Gasteiger partial charge on any atom is -0.321 e. The van der Waals surface area contributed by atoms with Crippen LogP contribution in [0.2, 0.25) is 0 Å². The molecule has 0 aliphatic rings. The molecule has 27 heavy (non-hydrogen) atoms. The molecule has 0 fully saturated rings. The van der Waals surface area contributed by atoms with E-state index < -0.39 is 10.8 Å². The van der Waals surface area contributed by atoms with Gasteiger partial charge in [-0.15, -0.1) is 0 Å². The molecule has 132 valence electrons. The molecule has 0 aliphatic heterocycles. The normalized spacial score (nSPS) is 10.7. The molecule has 0 saturated heterocycles. The van der Waals surface area contributed by atoms with Gasteiger partial charge in [0.25, 0.3) is 11.6 Å². The number of nitrogens with zero attached hydrogens (tertiary/aromatic N) is 3. The number of nitrogens with one attached hydrogen (secondary N) is 1. The van der Waals surface area contributed by atoms with Crippen LogP contribution in [0.1, 0.15) is 10.4 Å². The van der Waals surface area contributed by atoms with Gasteiger partial charge < -0.3 is 9.72 Å². The zero-order chi connectivity index (χ0) is 18.8. The maximum absolute atomic E-state index is 12.6. The molecule has 1 amide bonds. The smallest absolute Gasteiger partial charge is 0.270 e. The Kier molecular flexibility index (Phi) is 4.10. The number of fused-ring (bicyclic) bond motifs is 1. The van der Waals surface area contributed by atoms with Gasteiger partial charge in [0.2, 0.25) is 0 Å². The number of benzene rings is 2. The van der Waals surface area contributed by atoms with Crippen LogP contribution in [-0.2, 0) is 0 Å². The fourth-order valence-electron chi connectivity index (χ4n) is 2.84. The molecule has 0 radical (unpaired) electrons. The summed E-state index contributed by atoms with van der Waals surface area (Å²) in [4.78, 5) is 27.6. The first-order chi connectivity index (χ1) is 13.1. The van der Waals surface area contributed by atoms with Gasteiger partial charge in [-0.3, -0.25) is 14.9 Å². The summed E-state index contributed by atoms with van der Waals surface area (Å²) in [6.07, 6.45) is 3.78. The van der Waals surface area contributed by atoms with Gasteiger partial charge in [-0.05, 0) is 24.3 Å². The van der Waals surface area contributed by atoms with Gasteiger partial charge in [0.1, 0.15) is 5.65 Å². The minimum absolute atomic E-state index is 0.128. The predicted molar refractivity (Wildman–Crippen MR) is 102 cm³/mol. The SMILES string of the molecule is O=C(Nc1ccccc1-c1cn2ccccc2n1)c1cccc([N+](=O)[O-])c1.